The molecule has 0 saturated carbocycles. The molecule has 20 heavy (non-hydrogen) atoms. The third-order valence-electron chi connectivity index (χ3n) is 4.18. The summed E-state index contributed by atoms with van der Waals surface area (Å²) >= 11 is 0. The Morgan fingerprint density at radius 3 is 2.10 bits per heavy atom. The van der Waals surface area contributed by atoms with E-state index < -0.39 is 0 Å². The van der Waals surface area contributed by atoms with E-state index in [9.17, 15) is 0 Å². The summed E-state index contributed by atoms with van der Waals surface area (Å²) in [7, 11) is 0. The van der Waals surface area contributed by atoms with Crippen LogP contribution in [0.1, 0.15) is 44.7 Å². The predicted octanol–water partition coefficient (Wildman–Crippen LogP) is 3.49. The Balaban J connectivity index is 1.98. The normalized spacial score (nSPS) is 25.4. The van der Waals surface area contributed by atoms with Crippen LogP contribution in [0.3, 0.4) is 0 Å². The van der Waals surface area contributed by atoms with Crippen molar-refractivity contribution in [3.05, 3.63) is 35.4 Å². The average Bonchev–Trinajstić information content (AvgIpc) is 2.37. The standard InChI is InChI=1S/C18H30N2/c1-14(2)18-7-5-17(6-8-18)13-20-11-15(3)9-19-10-16(4)12-20/h5-8,14-16,19H,9-13H2,1-4H3. The van der Waals surface area contributed by atoms with Gasteiger partial charge in [-0.1, -0.05) is 52.0 Å². The van der Waals surface area contributed by atoms with E-state index in [0.29, 0.717) is 5.92 Å². The van der Waals surface area contributed by atoms with E-state index in [1.165, 1.54) is 24.2 Å². The predicted molar refractivity (Wildman–Crippen MR) is 87.0 cm³/mol. The summed E-state index contributed by atoms with van der Waals surface area (Å²) in [5.41, 5.74) is 2.88. The molecule has 0 aromatic heterocycles. The molecule has 1 aromatic rings. The second-order valence-corrected chi connectivity index (χ2v) is 6.96. The number of benzene rings is 1. The number of hydrogen-bond donors (Lipinski definition) is 1. The van der Waals surface area contributed by atoms with E-state index in [2.05, 4.69) is 62.2 Å². The SMILES string of the molecule is CC1CNCC(C)CN(Cc2ccc(C(C)C)cc2)C1. The Bertz CT molecular complexity index is 384. The minimum atomic E-state index is 0.622. The van der Waals surface area contributed by atoms with E-state index in [4.69, 9.17) is 0 Å². The van der Waals surface area contributed by atoms with Crippen molar-refractivity contribution in [2.75, 3.05) is 26.2 Å². The van der Waals surface area contributed by atoms with Crippen LogP contribution in [0.25, 0.3) is 0 Å². The van der Waals surface area contributed by atoms with Gasteiger partial charge >= 0.3 is 0 Å². The van der Waals surface area contributed by atoms with Crippen LogP contribution in [-0.4, -0.2) is 31.1 Å². The van der Waals surface area contributed by atoms with Crippen molar-refractivity contribution in [3.63, 3.8) is 0 Å². The average molecular weight is 274 g/mol. The van der Waals surface area contributed by atoms with Crippen LogP contribution in [0.5, 0.6) is 0 Å². The molecule has 0 aliphatic carbocycles. The molecule has 112 valence electrons. The Kier molecular flexibility index (Phi) is 5.62. The molecule has 2 atom stereocenters. The lowest BCUT2D eigenvalue weighted by atomic mass is 10.0. The summed E-state index contributed by atoms with van der Waals surface area (Å²) in [4.78, 5) is 2.63. The summed E-state index contributed by atoms with van der Waals surface area (Å²) in [6.45, 7) is 15.0. The molecule has 2 nitrogen and oxygen atoms in total. The molecular formula is C18H30N2. The lowest BCUT2D eigenvalue weighted by Gasteiger charge is -2.31. The van der Waals surface area contributed by atoms with E-state index in [1.54, 1.807) is 0 Å². The smallest absolute Gasteiger partial charge is 0.0233 e. The second-order valence-electron chi connectivity index (χ2n) is 6.96. The van der Waals surface area contributed by atoms with Crippen LogP contribution in [0.15, 0.2) is 24.3 Å². The molecule has 0 radical (unpaired) electrons. The molecule has 1 saturated heterocycles. The van der Waals surface area contributed by atoms with Gasteiger partial charge < -0.3 is 5.32 Å². The van der Waals surface area contributed by atoms with Crippen LogP contribution in [0.2, 0.25) is 0 Å². The highest BCUT2D eigenvalue weighted by Gasteiger charge is 2.17. The summed E-state index contributed by atoms with van der Waals surface area (Å²) < 4.78 is 0. The molecule has 0 bridgehead atoms. The van der Waals surface area contributed by atoms with Gasteiger partial charge in [0.1, 0.15) is 0 Å². The molecule has 1 aliphatic heterocycles. The van der Waals surface area contributed by atoms with Crippen molar-refractivity contribution in [1.82, 2.24) is 10.2 Å². The summed E-state index contributed by atoms with van der Waals surface area (Å²) in [6.07, 6.45) is 0. The van der Waals surface area contributed by atoms with Gasteiger partial charge in [0.05, 0.1) is 0 Å². The number of nitrogens with one attached hydrogen (secondary N) is 1. The van der Waals surface area contributed by atoms with E-state index in [0.717, 1.165) is 31.5 Å². The van der Waals surface area contributed by atoms with Crippen molar-refractivity contribution >= 4 is 0 Å². The van der Waals surface area contributed by atoms with Crippen molar-refractivity contribution in [3.8, 4) is 0 Å². The van der Waals surface area contributed by atoms with Gasteiger partial charge in [-0.3, -0.25) is 4.90 Å². The molecule has 1 aliphatic rings. The molecular weight excluding hydrogens is 244 g/mol. The van der Waals surface area contributed by atoms with Crippen LogP contribution in [0, 0.1) is 11.8 Å². The molecule has 2 heteroatoms. The lowest BCUT2D eigenvalue weighted by Crippen LogP contribution is -2.42. The van der Waals surface area contributed by atoms with E-state index in [-0.39, 0.29) is 0 Å². The zero-order chi connectivity index (χ0) is 14.5. The molecule has 1 aromatic carbocycles. The Morgan fingerprint density at radius 2 is 1.60 bits per heavy atom. The van der Waals surface area contributed by atoms with Gasteiger partial charge in [-0.15, -0.1) is 0 Å². The van der Waals surface area contributed by atoms with Crippen LogP contribution in [-0.2, 0) is 6.54 Å². The Hall–Kier alpha value is -0.860. The fraction of sp³-hybridized carbons (Fsp3) is 0.667. The quantitative estimate of drug-likeness (QED) is 0.907. The van der Waals surface area contributed by atoms with Crippen molar-refractivity contribution in [2.24, 2.45) is 11.8 Å². The third-order valence-corrected chi connectivity index (χ3v) is 4.18. The lowest BCUT2D eigenvalue weighted by molar-refractivity contribution is 0.178. The van der Waals surface area contributed by atoms with Crippen LogP contribution < -0.4 is 5.32 Å². The first kappa shape index (κ1) is 15.5. The largest absolute Gasteiger partial charge is 0.316 e. The Morgan fingerprint density at radius 1 is 1.05 bits per heavy atom. The number of nitrogens with zero attached hydrogens (tertiary/aromatic N) is 1. The fourth-order valence-corrected chi connectivity index (χ4v) is 3.06. The zero-order valence-electron chi connectivity index (χ0n) is 13.5. The highest BCUT2D eigenvalue weighted by molar-refractivity contribution is 5.24. The summed E-state index contributed by atoms with van der Waals surface area (Å²) in [5, 5.41) is 3.56. The zero-order valence-corrected chi connectivity index (χ0v) is 13.5. The first-order valence-corrected chi connectivity index (χ1v) is 8.06. The van der Waals surface area contributed by atoms with Crippen LogP contribution in [0.4, 0.5) is 0 Å². The molecule has 1 N–H and O–H groups in total. The highest BCUT2D eigenvalue weighted by Crippen LogP contribution is 2.17. The molecule has 0 amide bonds. The first-order valence-electron chi connectivity index (χ1n) is 8.06. The first-order chi connectivity index (χ1) is 9.54. The fourth-order valence-electron chi connectivity index (χ4n) is 3.06. The number of hydrogen-bond acceptors (Lipinski definition) is 2. The van der Waals surface area contributed by atoms with Gasteiger partial charge in [0, 0.05) is 19.6 Å². The topological polar surface area (TPSA) is 15.3 Å². The van der Waals surface area contributed by atoms with Crippen LogP contribution >= 0.6 is 0 Å². The van der Waals surface area contributed by atoms with Gasteiger partial charge in [0.25, 0.3) is 0 Å². The van der Waals surface area contributed by atoms with Gasteiger partial charge in [-0.05, 0) is 42.0 Å². The van der Waals surface area contributed by atoms with Gasteiger partial charge in [0.15, 0.2) is 0 Å². The summed E-state index contributed by atoms with van der Waals surface area (Å²) in [6, 6.07) is 9.19. The molecule has 1 heterocycles. The maximum Gasteiger partial charge on any atom is 0.0233 e. The molecule has 2 rings (SSSR count). The van der Waals surface area contributed by atoms with Gasteiger partial charge in [0.2, 0.25) is 0 Å². The second kappa shape index (κ2) is 7.24. The van der Waals surface area contributed by atoms with E-state index >= 15 is 0 Å². The minimum Gasteiger partial charge on any atom is -0.316 e. The highest BCUT2D eigenvalue weighted by atomic mass is 15.1. The number of rotatable bonds is 3. The monoisotopic (exact) mass is 274 g/mol. The molecule has 1 fully saturated rings. The maximum absolute atomic E-state index is 3.56. The molecule has 0 spiro atoms. The van der Waals surface area contributed by atoms with Gasteiger partial charge in [-0.2, -0.15) is 0 Å². The van der Waals surface area contributed by atoms with E-state index in [1.807, 2.05) is 0 Å². The van der Waals surface area contributed by atoms with Gasteiger partial charge in [-0.25, -0.2) is 0 Å². The molecule has 2 unspecified atom stereocenters. The summed E-state index contributed by atoms with van der Waals surface area (Å²) in [5.74, 6) is 2.09. The van der Waals surface area contributed by atoms with Crippen molar-refractivity contribution < 1.29 is 0 Å². The van der Waals surface area contributed by atoms with Crippen molar-refractivity contribution in [2.45, 2.75) is 40.2 Å². The third kappa shape index (κ3) is 4.60. The van der Waals surface area contributed by atoms with Crippen molar-refractivity contribution in [1.29, 1.82) is 0 Å². The minimum absolute atomic E-state index is 0.622. The Labute approximate surface area is 124 Å². The maximum atomic E-state index is 3.56.